The van der Waals surface area contributed by atoms with E-state index in [1.165, 1.54) is 5.06 Å². The molecular weight excluding hydrogens is 406 g/mol. The number of hydrogen-bond acceptors (Lipinski definition) is 8. The molecule has 0 saturated carbocycles. The summed E-state index contributed by atoms with van der Waals surface area (Å²) in [4.78, 5) is 15.5. The molecule has 8 heteroatoms. The van der Waals surface area contributed by atoms with Gasteiger partial charge >= 0.3 is 0 Å². The molecule has 4 heterocycles. The minimum absolute atomic E-state index is 0.0698. The van der Waals surface area contributed by atoms with Crippen LogP contribution in [0.2, 0.25) is 0 Å². The van der Waals surface area contributed by atoms with E-state index >= 15 is 0 Å². The van der Waals surface area contributed by atoms with Crippen molar-refractivity contribution in [2.24, 2.45) is 16.6 Å². The van der Waals surface area contributed by atoms with Crippen molar-refractivity contribution >= 4 is 5.96 Å². The fourth-order valence-corrected chi connectivity index (χ4v) is 4.94. The Morgan fingerprint density at radius 2 is 2.06 bits per heavy atom. The van der Waals surface area contributed by atoms with Crippen molar-refractivity contribution in [2.75, 3.05) is 13.7 Å². The van der Waals surface area contributed by atoms with Crippen LogP contribution < -0.4 is 10.5 Å². The van der Waals surface area contributed by atoms with Gasteiger partial charge in [0.15, 0.2) is 0 Å². The molecule has 32 heavy (non-hydrogen) atoms. The fraction of sp³-hybridized carbons (Fsp3) is 0.458. The van der Waals surface area contributed by atoms with Crippen LogP contribution in [-0.2, 0) is 15.3 Å². The molecule has 1 aromatic carbocycles. The number of nitrogens with zero attached hydrogens (tertiary/aromatic N) is 4. The van der Waals surface area contributed by atoms with Crippen LogP contribution >= 0.6 is 0 Å². The summed E-state index contributed by atoms with van der Waals surface area (Å²) in [5, 5.41) is 10.7. The third-order valence-corrected chi connectivity index (χ3v) is 6.48. The lowest BCUT2D eigenvalue weighted by molar-refractivity contribution is -0.198. The molecule has 3 unspecified atom stereocenters. The first kappa shape index (κ1) is 20.7. The quantitative estimate of drug-likeness (QED) is 0.774. The second-order valence-electron chi connectivity index (χ2n) is 9.30. The average Bonchev–Trinajstić information content (AvgIpc) is 3.06. The Hall–Kier alpha value is -3.15. The number of pyridine rings is 1. The van der Waals surface area contributed by atoms with Crippen LogP contribution in [0.4, 0.5) is 0 Å². The van der Waals surface area contributed by atoms with E-state index in [0.717, 1.165) is 29.7 Å². The summed E-state index contributed by atoms with van der Waals surface area (Å²) < 4.78 is 12.4. The number of benzene rings is 1. The van der Waals surface area contributed by atoms with E-state index in [1.807, 2.05) is 30.3 Å². The number of guanidine groups is 1. The summed E-state index contributed by atoms with van der Waals surface area (Å²) in [7, 11) is 1.76. The maximum atomic E-state index is 9.22. The Morgan fingerprint density at radius 3 is 2.78 bits per heavy atom. The van der Waals surface area contributed by atoms with E-state index in [0.29, 0.717) is 36.3 Å². The van der Waals surface area contributed by atoms with Gasteiger partial charge in [-0.1, -0.05) is 6.07 Å². The van der Waals surface area contributed by atoms with Crippen molar-refractivity contribution in [3.05, 3.63) is 47.7 Å². The van der Waals surface area contributed by atoms with Gasteiger partial charge in [0.05, 0.1) is 16.9 Å². The highest BCUT2D eigenvalue weighted by Gasteiger charge is 2.51. The lowest BCUT2D eigenvalue weighted by Gasteiger charge is -2.44. The van der Waals surface area contributed by atoms with E-state index in [2.05, 4.69) is 24.9 Å². The van der Waals surface area contributed by atoms with Gasteiger partial charge in [-0.2, -0.15) is 5.26 Å². The number of aromatic nitrogens is 1. The van der Waals surface area contributed by atoms with Gasteiger partial charge < -0.3 is 15.2 Å². The van der Waals surface area contributed by atoms with Crippen LogP contribution in [0.3, 0.4) is 0 Å². The largest absolute Gasteiger partial charge is 0.489 e. The summed E-state index contributed by atoms with van der Waals surface area (Å²) in [5.74, 6) is 1.39. The monoisotopic (exact) mass is 433 g/mol. The average molecular weight is 434 g/mol. The molecule has 2 aromatic rings. The fourth-order valence-electron chi connectivity index (χ4n) is 4.94. The molecule has 0 bridgehead atoms. The SMILES string of the molecule is CN1OC2(CC(C3CCOC(C)(C)C3)Oc3ccc(-c4cccc(C#N)n4)cc32)N=C1N. The number of nitriles is 1. The Bertz CT molecular complexity index is 1120. The van der Waals surface area contributed by atoms with Crippen LogP contribution in [0, 0.1) is 17.2 Å². The topological polar surface area (TPSA) is 106 Å². The van der Waals surface area contributed by atoms with Crippen molar-refractivity contribution in [3.8, 4) is 23.1 Å². The van der Waals surface area contributed by atoms with Crippen molar-refractivity contribution in [3.63, 3.8) is 0 Å². The van der Waals surface area contributed by atoms with Crippen LogP contribution in [0.25, 0.3) is 11.3 Å². The Balaban J connectivity index is 1.56. The second kappa shape index (κ2) is 7.47. The highest BCUT2D eigenvalue weighted by atomic mass is 16.7. The molecule has 5 rings (SSSR count). The summed E-state index contributed by atoms with van der Waals surface area (Å²) in [6.45, 7) is 4.95. The van der Waals surface area contributed by atoms with Gasteiger partial charge in [-0.15, -0.1) is 0 Å². The molecule has 1 fully saturated rings. The van der Waals surface area contributed by atoms with Crippen LogP contribution in [0.15, 0.2) is 41.4 Å². The van der Waals surface area contributed by atoms with Gasteiger partial charge in [0.25, 0.3) is 0 Å². The smallest absolute Gasteiger partial charge is 0.221 e. The summed E-state index contributed by atoms with van der Waals surface area (Å²) >= 11 is 0. The molecule has 3 aliphatic heterocycles. The number of rotatable bonds is 2. The van der Waals surface area contributed by atoms with Gasteiger partial charge in [-0.25, -0.2) is 19.9 Å². The number of aliphatic imine (C=N–C) groups is 1. The van der Waals surface area contributed by atoms with Crippen LogP contribution in [0.1, 0.15) is 44.4 Å². The predicted molar refractivity (Wildman–Crippen MR) is 118 cm³/mol. The maximum Gasteiger partial charge on any atom is 0.221 e. The molecule has 0 amide bonds. The minimum atomic E-state index is -0.956. The second-order valence-corrected chi connectivity index (χ2v) is 9.30. The Kier molecular flexibility index (Phi) is 4.84. The van der Waals surface area contributed by atoms with Crippen LogP contribution in [0.5, 0.6) is 5.75 Å². The summed E-state index contributed by atoms with van der Waals surface area (Å²) in [6, 6.07) is 13.4. The first-order valence-electron chi connectivity index (χ1n) is 10.9. The highest BCUT2D eigenvalue weighted by molar-refractivity contribution is 5.79. The van der Waals surface area contributed by atoms with Gasteiger partial charge in [0.1, 0.15) is 23.6 Å². The van der Waals surface area contributed by atoms with E-state index < -0.39 is 5.72 Å². The predicted octanol–water partition coefficient (Wildman–Crippen LogP) is 3.32. The highest BCUT2D eigenvalue weighted by Crippen LogP contribution is 2.49. The molecule has 1 saturated heterocycles. The Morgan fingerprint density at radius 1 is 1.22 bits per heavy atom. The zero-order chi connectivity index (χ0) is 22.5. The van der Waals surface area contributed by atoms with Gasteiger partial charge in [-0.3, -0.25) is 0 Å². The zero-order valence-electron chi connectivity index (χ0n) is 18.5. The number of hydrogen-bond donors (Lipinski definition) is 1. The maximum absolute atomic E-state index is 9.22. The number of hydroxylamine groups is 2. The molecule has 1 spiro atoms. The lowest BCUT2D eigenvalue weighted by atomic mass is 9.79. The van der Waals surface area contributed by atoms with E-state index in [-0.39, 0.29) is 11.7 Å². The molecule has 0 radical (unpaired) electrons. The van der Waals surface area contributed by atoms with Crippen LogP contribution in [-0.4, -0.2) is 41.4 Å². The molecular formula is C24H27N5O3. The van der Waals surface area contributed by atoms with E-state index in [9.17, 15) is 5.26 Å². The molecule has 0 aliphatic carbocycles. The van der Waals surface area contributed by atoms with Gasteiger partial charge in [-0.05, 0) is 57.0 Å². The van der Waals surface area contributed by atoms with E-state index in [4.69, 9.17) is 25.0 Å². The molecule has 3 atom stereocenters. The molecule has 2 N–H and O–H groups in total. The molecule has 166 valence electrons. The lowest BCUT2D eigenvalue weighted by Crippen LogP contribution is -2.46. The third kappa shape index (κ3) is 3.57. The van der Waals surface area contributed by atoms with Crippen molar-refractivity contribution in [1.82, 2.24) is 10.0 Å². The first-order valence-corrected chi connectivity index (χ1v) is 10.9. The number of nitrogens with two attached hydrogens (primary N) is 1. The van der Waals surface area contributed by atoms with Gasteiger partial charge in [0, 0.05) is 31.6 Å². The third-order valence-electron chi connectivity index (χ3n) is 6.48. The molecule has 3 aliphatic rings. The normalized spacial score (nSPS) is 28.6. The minimum Gasteiger partial charge on any atom is -0.489 e. The van der Waals surface area contributed by atoms with Crippen molar-refractivity contribution in [1.29, 1.82) is 5.26 Å². The first-order chi connectivity index (χ1) is 15.3. The molecule has 8 nitrogen and oxygen atoms in total. The Labute approximate surface area is 187 Å². The molecule has 1 aromatic heterocycles. The zero-order valence-corrected chi connectivity index (χ0v) is 18.5. The number of fused-ring (bicyclic) bond motifs is 2. The van der Waals surface area contributed by atoms with Crippen molar-refractivity contribution < 1.29 is 14.3 Å². The standard InChI is InChI=1S/C24H27N5O3/c1-23(2)12-16(9-10-30-23)21-13-24(28-22(26)29(3)32-24)18-11-15(7-8-20(18)31-21)19-6-4-5-17(14-25)27-19/h4-8,11,16,21H,9-10,12-13H2,1-3H3,(H2,26,28). The summed E-state index contributed by atoms with van der Waals surface area (Å²) in [5.41, 5.74) is 7.75. The van der Waals surface area contributed by atoms with Gasteiger partial charge in [0.2, 0.25) is 11.7 Å². The summed E-state index contributed by atoms with van der Waals surface area (Å²) in [6.07, 6.45) is 2.32. The van der Waals surface area contributed by atoms with Crippen molar-refractivity contribution in [2.45, 2.75) is 50.5 Å². The van der Waals surface area contributed by atoms with E-state index in [1.54, 1.807) is 13.1 Å². The number of ether oxygens (including phenoxy) is 2.